The van der Waals surface area contributed by atoms with Gasteiger partial charge in [0.05, 0.1) is 11.6 Å². The average Bonchev–Trinajstić information content (AvgIpc) is 2.48. The van der Waals surface area contributed by atoms with Crippen LogP contribution in [-0.4, -0.2) is 16.1 Å². The second-order valence-electron chi connectivity index (χ2n) is 5.19. The number of halogens is 1. The summed E-state index contributed by atoms with van der Waals surface area (Å²) in [6.45, 7) is 2.15. The molecule has 1 aromatic carbocycles. The summed E-state index contributed by atoms with van der Waals surface area (Å²) in [6, 6.07) is 10.5. The molecule has 1 aromatic heterocycles. The molecule has 1 unspecified atom stereocenters. The van der Waals surface area contributed by atoms with Crippen molar-refractivity contribution >= 4 is 23.1 Å². The Bertz CT molecular complexity index is 630. The number of rotatable bonds is 2. The van der Waals surface area contributed by atoms with E-state index in [0.29, 0.717) is 11.1 Å². The summed E-state index contributed by atoms with van der Waals surface area (Å²) in [7, 11) is 0. The lowest BCUT2D eigenvalue weighted by molar-refractivity contribution is 0.281. The van der Waals surface area contributed by atoms with E-state index in [9.17, 15) is 0 Å². The van der Waals surface area contributed by atoms with Crippen LogP contribution >= 0.6 is 11.6 Å². The largest absolute Gasteiger partial charge is 0.392 e. The van der Waals surface area contributed by atoms with Crippen molar-refractivity contribution in [2.45, 2.75) is 32.4 Å². The maximum atomic E-state index is 9.16. The fourth-order valence-corrected chi connectivity index (χ4v) is 3.03. The first-order chi connectivity index (χ1) is 9.70. The lowest BCUT2D eigenvalue weighted by atomic mass is 9.96. The Hall–Kier alpha value is -1.58. The van der Waals surface area contributed by atoms with Gasteiger partial charge in [-0.15, -0.1) is 0 Å². The molecule has 104 valence electrons. The first kappa shape index (κ1) is 13.4. The van der Waals surface area contributed by atoms with Gasteiger partial charge < -0.3 is 10.0 Å². The van der Waals surface area contributed by atoms with Crippen LogP contribution in [0.3, 0.4) is 0 Å². The Balaban J connectivity index is 2.09. The average molecular weight is 289 g/mol. The van der Waals surface area contributed by atoms with Crippen molar-refractivity contribution in [3.05, 3.63) is 52.7 Å². The van der Waals surface area contributed by atoms with Crippen molar-refractivity contribution in [3.63, 3.8) is 0 Å². The molecule has 0 aliphatic carbocycles. The van der Waals surface area contributed by atoms with E-state index in [2.05, 4.69) is 35.0 Å². The predicted octanol–water partition coefficient (Wildman–Crippen LogP) is 3.70. The zero-order valence-electron chi connectivity index (χ0n) is 11.4. The van der Waals surface area contributed by atoms with E-state index in [1.54, 1.807) is 12.3 Å². The molecule has 0 fully saturated rings. The van der Waals surface area contributed by atoms with Gasteiger partial charge in [0.25, 0.3) is 0 Å². The molecule has 3 rings (SSSR count). The molecule has 0 amide bonds. The second kappa shape index (κ2) is 5.43. The second-order valence-corrected chi connectivity index (χ2v) is 5.60. The van der Waals surface area contributed by atoms with Crippen molar-refractivity contribution in [2.75, 3.05) is 4.90 Å². The van der Waals surface area contributed by atoms with Crippen molar-refractivity contribution in [1.29, 1.82) is 0 Å². The first-order valence-corrected chi connectivity index (χ1v) is 7.21. The number of pyridine rings is 1. The summed E-state index contributed by atoms with van der Waals surface area (Å²) < 4.78 is 0. The standard InChI is InChI=1S/C16H17ClN2O/c1-11-6-7-13-4-2-3-5-15(13)19(11)16-14(17)8-12(10-20)9-18-16/h2-5,8-9,11,20H,6-7,10H2,1H3. The van der Waals surface area contributed by atoms with Crippen LogP contribution in [0.5, 0.6) is 0 Å². The quantitative estimate of drug-likeness (QED) is 0.915. The Kier molecular flexibility index (Phi) is 3.64. The molecule has 1 atom stereocenters. The van der Waals surface area contributed by atoms with E-state index in [4.69, 9.17) is 16.7 Å². The number of hydrogen-bond donors (Lipinski definition) is 1. The van der Waals surface area contributed by atoms with Gasteiger partial charge in [-0.05, 0) is 43.0 Å². The van der Waals surface area contributed by atoms with Crippen molar-refractivity contribution in [2.24, 2.45) is 0 Å². The summed E-state index contributed by atoms with van der Waals surface area (Å²) >= 11 is 6.36. The van der Waals surface area contributed by atoms with Crippen LogP contribution in [0.1, 0.15) is 24.5 Å². The molecule has 0 spiro atoms. The number of aliphatic hydroxyl groups is 1. The Morgan fingerprint density at radius 1 is 1.40 bits per heavy atom. The summed E-state index contributed by atoms with van der Waals surface area (Å²) in [5, 5.41) is 9.74. The predicted molar refractivity (Wildman–Crippen MR) is 81.5 cm³/mol. The minimum absolute atomic E-state index is 0.0425. The monoisotopic (exact) mass is 288 g/mol. The van der Waals surface area contributed by atoms with Crippen LogP contribution in [0.4, 0.5) is 11.5 Å². The molecule has 2 aromatic rings. The van der Waals surface area contributed by atoms with Crippen LogP contribution in [0.15, 0.2) is 36.5 Å². The maximum absolute atomic E-state index is 9.16. The van der Waals surface area contributed by atoms with Gasteiger partial charge in [-0.2, -0.15) is 0 Å². The van der Waals surface area contributed by atoms with Crippen LogP contribution in [0.25, 0.3) is 0 Å². The molecule has 1 N–H and O–H groups in total. The molecule has 1 aliphatic heterocycles. The summed E-state index contributed by atoms with van der Waals surface area (Å²) in [5.41, 5.74) is 3.24. The molecule has 0 saturated carbocycles. The molecule has 0 saturated heterocycles. The van der Waals surface area contributed by atoms with Crippen molar-refractivity contribution < 1.29 is 5.11 Å². The summed E-state index contributed by atoms with van der Waals surface area (Å²) in [6.07, 6.45) is 3.85. The van der Waals surface area contributed by atoms with Crippen LogP contribution < -0.4 is 4.90 Å². The van der Waals surface area contributed by atoms with Gasteiger partial charge in [0.1, 0.15) is 0 Å². The highest BCUT2D eigenvalue weighted by Crippen LogP contribution is 2.38. The number of anilines is 2. The first-order valence-electron chi connectivity index (χ1n) is 6.83. The van der Waals surface area contributed by atoms with E-state index in [-0.39, 0.29) is 6.61 Å². The van der Waals surface area contributed by atoms with Gasteiger partial charge in [-0.1, -0.05) is 29.8 Å². The van der Waals surface area contributed by atoms with E-state index < -0.39 is 0 Å². The molecular formula is C16H17ClN2O. The normalized spacial score (nSPS) is 17.9. The lowest BCUT2D eigenvalue weighted by Gasteiger charge is -2.36. The molecule has 20 heavy (non-hydrogen) atoms. The number of aliphatic hydroxyl groups excluding tert-OH is 1. The zero-order valence-corrected chi connectivity index (χ0v) is 12.1. The lowest BCUT2D eigenvalue weighted by Crippen LogP contribution is -2.34. The maximum Gasteiger partial charge on any atom is 0.152 e. The third kappa shape index (κ3) is 2.28. The fourth-order valence-electron chi connectivity index (χ4n) is 2.75. The van der Waals surface area contributed by atoms with Gasteiger partial charge in [0.2, 0.25) is 0 Å². The molecule has 4 heteroatoms. The topological polar surface area (TPSA) is 36.4 Å². The zero-order chi connectivity index (χ0) is 14.1. The molecule has 3 nitrogen and oxygen atoms in total. The van der Waals surface area contributed by atoms with Crippen molar-refractivity contribution in [3.8, 4) is 0 Å². The molecule has 2 heterocycles. The Morgan fingerprint density at radius 2 is 2.20 bits per heavy atom. The van der Waals surface area contributed by atoms with Gasteiger partial charge in [-0.3, -0.25) is 0 Å². The molecule has 1 aliphatic rings. The van der Waals surface area contributed by atoms with E-state index in [1.165, 1.54) is 11.3 Å². The van der Waals surface area contributed by atoms with Crippen LogP contribution in [0.2, 0.25) is 5.02 Å². The number of hydrogen-bond acceptors (Lipinski definition) is 3. The van der Waals surface area contributed by atoms with Gasteiger partial charge >= 0.3 is 0 Å². The minimum Gasteiger partial charge on any atom is -0.392 e. The van der Waals surface area contributed by atoms with E-state index >= 15 is 0 Å². The number of para-hydroxylation sites is 1. The summed E-state index contributed by atoms with van der Waals surface area (Å²) in [4.78, 5) is 6.65. The fraction of sp³-hybridized carbons (Fsp3) is 0.312. The highest BCUT2D eigenvalue weighted by atomic mass is 35.5. The molecule has 0 radical (unpaired) electrons. The number of aromatic nitrogens is 1. The van der Waals surface area contributed by atoms with Gasteiger partial charge in [-0.25, -0.2) is 4.98 Å². The van der Waals surface area contributed by atoms with E-state index in [1.807, 2.05) is 6.07 Å². The van der Waals surface area contributed by atoms with Gasteiger partial charge in [0, 0.05) is 17.9 Å². The van der Waals surface area contributed by atoms with Crippen LogP contribution in [-0.2, 0) is 13.0 Å². The SMILES string of the molecule is CC1CCc2ccccc2N1c1ncc(CO)cc1Cl. The third-order valence-electron chi connectivity index (χ3n) is 3.81. The van der Waals surface area contributed by atoms with Gasteiger partial charge in [0.15, 0.2) is 5.82 Å². The smallest absolute Gasteiger partial charge is 0.152 e. The number of aryl methyl sites for hydroxylation is 1. The summed E-state index contributed by atoms with van der Waals surface area (Å²) in [5.74, 6) is 0.767. The van der Waals surface area contributed by atoms with Crippen molar-refractivity contribution in [1.82, 2.24) is 4.98 Å². The highest BCUT2D eigenvalue weighted by Gasteiger charge is 2.26. The number of nitrogens with zero attached hydrogens (tertiary/aromatic N) is 2. The Labute approximate surface area is 123 Å². The third-order valence-corrected chi connectivity index (χ3v) is 4.09. The minimum atomic E-state index is -0.0425. The number of benzene rings is 1. The van der Waals surface area contributed by atoms with E-state index in [0.717, 1.165) is 24.2 Å². The van der Waals surface area contributed by atoms with Crippen LogP contribution in [0, 0.1) is 0 Å². The Morgan fingerprint density at radius 3 is 2.95 bits per heavy atom. The molecular weight excluding hydrogens is 272 g/mol. The number of fused-ring (bicyclic) bond motifs is 1. The molecule has 0 bridgehead atoms. The highest BCUT2D eigenvalue weighted by molar-refractivity contribution is 6.33.